The number of ketones is 4. The third-order valence-electron chi connectivity index (χ3n) is 31.3. The molecule has 0 bridgehead atoms. The Balaban J connectivity index is 0.000000114. The zero-order valence-electron chi connectivity index (χ0n) is 81.2. The van der Waals surface area contributed by atoms with Crippen LogP contribution >= 0.6 is 0 Å². The molecule has 0 radical (unpaired) electrons. The Labute approximate surface area is 839 Å². The average Bonchev–Trinajstić information content (AvgIpc) is 1.65. The van der Waals surface area contributed by atoms with E-state index in [9.17, 15) is 23.6 Å². The van der Waals surface area contributed by atoms with Gasteiger partial charge in [-0.2, -0.15) is 20.4 Å². The maximum atomic E-state index is 13.7. The summed E-state index contributed by atoms with van der Waals surface area (Å²) < 4.78 is 21.7. The average molecular weight is 1900 g/mol. The topological polar surface area (TPSA) is 260 Å². The fourth-order valence-electron chi connectivity index (χ4n) is 24.2. The van der Waals surface area contributed by atoms with Crippen molar-refractivity contribution in [3.63, 3.8) is 0 Å². The first-order valence-electron chi connectivity index (χ1n) is 48.9. The van der Waals surface area contributed by atoms with Gasteiger partial charge in [0, 0.05) is 134 Å². The molecule has 0 aliphatic heterocycles. The Bertz CT molecular complexity index is 7540. The number of hydrogen-bond donors (Lipinski definition) is 0. The van der Waals surface area contributed by atoms with E-state index in [1.165, 1.54) is 18.6 Å². The first-order chi connectivity index (χ1) is 70.4. The zero-order valence-corrected chi connectivity index (χ0v) is 81.2. The van der Waals surface area contributed by atoms with Gasteiger partial charge >= 0.3 is 0 Å². The molecule has 0 spiro atoms. The number of halogens is 1. The van der Waals surface area contributed by atoms with Gasteiger partial charge in [0.05, 0.1) is 101 Å². The van der Waals surface area contributed by atoms with Crippen molar-refractivity contribution in [3.8, 4) is 113 Å². The van der Waals surface area contributed by atoms with Gasteiger partial charge in [0.1, 0.15) is 34.9 Å². The lowest BCUT2D eigenvalue weighted by molar-refractivity contribution is -0.122. The Morgan fingerprint density at radius 1 is 0.297 bits per heavy atom. The van der Waals surface area contributed by atoms with Crippen molar-refractivity contribution < 1.29 is 23.6 Å². The van der Waals surface area contributed by atoms with Crippen molar-refractivity contribution in [2.75, 3.05) is 0 Å². The molecule has 24 nitrogen and oxygen atoms in total. The first-order valence-corrected chi connectivity index (χ1v) is 48.9. The highest BCUT2D eigenvalue weighted by Gasteiger charge is 2.56. The summed E-state index contributed by atoms with van der Waals surface area (Å²) in [5.41, 5.74) is 25.8. The number of aromatic nitrogens is 16. The van der Waals surface area contributed by atoms with Crippen LogP contribution in [0.4, 0.5) is 4.39 Å². The molecule has 0 amide bonds. The molecule has 8 aliphatic rings. The van der Waals surface area contributed by atoms with Crippen LogP contribution < -0.4 is 0 Å². The normalized spacial score (nSPS) is 22.7. The van der Waals surface area contributed by atoms with Crippen molar-refractivity contribution in [1.29, 1.82) is 0 Å². The van der Waals surface area contributed by atoms with Crippen LogP contribution in [-0.4, -0.2) is 102 Å². The molecule has 5 aromatic carbocycles. The number of carbonyl (C=O) groups is 4. The van der Waals surface area contributed by atoms with Crippen LogP contribution in [0.3, 0.4) is 0 Å². The summed E-state index contributed by atoms with van der Waals surface area (Å²) in [6, 6.07) is 71.8. The number of rotatable bonds is 12. The fourth-order valence-corrected chi connectivity index (χ4v) is 24.2. The molecule has 24 rings (SSSR count). The third-order valence-corrected chi connectivity index (χ3v) is 31.3. The van der Waals surface area contributed by atoms with E-state index in [-0.39, 0.29) is 99.1 Å². The standard InChI is InChI=1S/C31H26N4O.C30H24FN5O.C30H25N5O.C29H24N6O/c1-20-25-17-16-24-28(26-11-7-8-18-33-26)34-35(30(24)31(25,2)19-27(32-3)29(20)36)23-14-12-22(13-15-23)21-9-5-4-6-10-21;1-18-24-12-11-23-27(25-6-4-5-13-34-25)35-36(29(23)30(24,2)15-26(32-3)28(18)37)22-9-7-19(8-10-22)20-14-21(31)17-33-16-20;1-19-24-14-13-23-27(25-8-4-5-16-33-25)34-35(29(23)30(24,2)17-26(31-3)28(19)36)22-11-9-20(10-12-22)21-7-6-15-32-18-21;1-18-23-12-11-22-26(24-6-4-5-13-33-24)34-35(28(22)29(23,2)14-25(30-3)27(18)36)21-9-7-19(8-10-21)20-15-31-17-32-16-20/h4-15,18-20,25H,16-17H2,1-2H3;4-10,13-18,24H,11-12H2,1-2H3;4-12,15-19,24H,13-14H2,1-2H3;4-10,13-18,23H,11-12H2,1-2H3/t20-,25-,31-;18-,24-,30-;19-,24-,30-;18-,23-,29-/m1111/s1. The van der Waals surface area contributed by atoms with Gasteiger partial charge in [0.2, 0.25) is 22.8 Å². The smallest absolute Gasteiger partial charge is 0.226 e. The van der Waals surface area contributed by atoms with E-state index in [1.807, 2.05) is 229 Å². The second-order valence-electron chi connectivity index (χ2n) is 39.4. The summed E-state index contributed by atoms with van der Waals surface area (Å²) in [7, 11) is 0. The van der Waals surface area contributed by atoms with Crippen molar-refractivity contribution in [3.05, 3.63) is 430 Å². The number of fused-ring (bicyclic) bond motifs is 12. The molecule has 11 aromatic heterocycles. The number of Topliss-reactive ketones (excluding diaryl/α,β-unsaturated/α-hetero) is 4. The number of carbonyl (C=O) groups excluding carboxylic acids is 4. The minimum absolute atomic E-state index is 0.0425. The van der Waals surface area contributed by atoms with E-state index in [4.69, 9.17) is 46.7 Å². The van der Waals surface area contributed by atoms with Gasteiger partial charge in [-0.3, -0.25) is 29.9 Å². The van der Waals surface area contributed by atoms with Gasteiger partial charge in [-0.25, -0.2) is 52.5 Å². The Morgan fingerprint density at radius 3 is 0.848 bits per heavy atom. The predicted molar refractivity (Wildman–Crippen MR) is 552 cm³/mol. The fraction of sp³-hybridized carbons (Fsp3) is 0.233. The Hall–Kier alpha value is -17.6. The molecular weight excluding hydrogens is 1800 g/mol. The maximum Gasteiger partial charge on any atom is 0.226 e. The van der Waals surface area contributed by atoms with E-state index < -0.39 is 21.7 Å². The molecule has 0 unspecified atom stereocenters. The molecule has 145 heavy (non-hydrogen) atoms. The van der Waals surface area contributed by atoms with Crippen molar-refractivity contribution in [2.24, 2.45) is 47.3 Å². The van der Waals surface area contributed by atoms with Crippen LogP contribution in [0.2, 0.25) is 0 Å². The zero-order chi connectivity index (χ0) is 100. The van der Waals surface area contributed by atoms with Crippen molar-refractivity contribution in [1.82, 2.24) is 79.0 Å². The molecule has 0 N–H and O–H groups in total. The van der Waals surface area contributed by atoms with E-state index in [0.29, 0.717) is 5.56 Å². The molecule has 8 aliphatic carbocycles. The highest BCUT2D eigenvalue weighted by molar-refractivity contribution is 6.03. The van der Waals surface area contributed by atoms with Gasteiger partial charge in [0.15, 0.2) is 23.1 Å². The molecule has 12 atom stereocenters. The third kappa shape index (κ3) is 16.5. The lowest BCUT2D eigenvalue weighted by Gasteiger charge is -2.45. The van der Waals surface area contributed by atoms with E-state index in [2.05, 4.69) is 148 Å². The number of pyridine rings is 6. The van der Waals surface area contributed by atoms with Crippen LogP contribution in [0.25, 0.3) is 132 Å². The largest absolute Gasteiger partial charge is 0.308 e. The minimum atomic E-state index is -0.550. The summed E-state index contributed by atoms with van der Waals surface area (Å²) in [5.74, 6) is -1.15. The number of nitrogens with zero attached hydrogens (tertiary/aromatic N) is 20. The van der Waals surface area contributed by atoms with Crippen LogP contribution in [-0.2, 0) is 66.5 Å². The Kier molecular flexibility index (Phi) is 24.6. The molecule has 16 aromatic rings. The number of benzene rings is 5. The number of hydrogen-bond acceptors (Lipinski definition) is 16. The summed E-state index contributed by atoms with van der Waals surface area (Å²) in [5, 5.41) is 20.4. The van der Waals surface area contributed by atoms with Gasteiger partial charge in [0.25, 0.3) is 0 Å². The molecule has 0 saturated carbocycles. The second-order valence-corrected chi connectivity index (χ2v) is 39.4. The molecule has 0 fully saturated rings. The SMILES string of the molecule is [C-]#[N+]C1=C[C@@]2(C)c3c(c(-c4ccccn4)nn3-c3ccc(-c4ccccc4)cc3)CC[C@@H]2[C@@H](C)C1=O.[C-]#[N+]C1=C[C@@]2(C)c3c(c(-c4ccccn4)nn3-c3ccc(-c4cccnc4)cc3)CC[C@@H]2[C@@H](C)C1=O.[C-]#[N+]C1=C[C@@]2(C)c3c(c(-c4ccccn4)nn3-c3ccc(-c4cncc(F)c4)cc3)CC[C@@H]2[C@@H](C)C1=O.[C-]#[N+]C1=C[C@@]2(C)c3c(c(-c4ccccn4)nn3-c3ccc(-c4cncnc4)cc3)CC[C@@H]2[C@@H](C)C1=O. The lowest BCUT2D eigenvalue weighted by atomic mass is 9.58. The van der Waals surface area contributed by atoms with Crippen molar-refractivity contribution >= 4 is 23.1 Å². The second kappa shape index (κ2) is 38.1. The van der Waals surface area contributed by atoms with Gasteiger partial charge in [-0.05, 0) is 218 Å². The highest BCUT2D eigenvalue weighted by Crippen LogP contribution is 2.58. The molecule has 710 valence electrons. The molecule has 0 saturated heterocycles. The van der Waals surface area contributed by atoms with Crippen LogP contribution in [0, 0.1) is 79.4 Å². The van der Waals surface area contributed by atoms with Crippen LogP contribution in [0.5, 0.6) is 0 Å². The minimum Gasteiger partial charge on any atom is -0.308 e. The first kappa shape index (κ1) is 93.7. The van der Waals surface area contributed by atoms with Gasteiger partial charge in [-0.15, -0.1) is 0 Å². The van der Waals surface area contributed by atoms with Gasteiger partial charge in [-0.1, -0.05) is 189 Å². The highest BCUT2D eigenvalue weighted by atomic mass is 19.1. The van der Waals surface area contributed by atoms with Crippen LogP contribution in [0.15, 0.2) is 334 Å². The van der Waals surface area contributed by atoms with Crippen LogP contribution in [0.1, 0.15) is 126 Å². The van der Waals surface area contributed by atoms with Gasteiger partial charge < -0.3 is 19.2 Å². The predicted octanol–water partition coefficient (Wildman–Crippen LogP) is 23.5. The summed E-state index contributed by atoms with van der Waals surface area (Å²) >= 11 is 0. The lowest BCUT2D eigenvalue weighted by Crippen LogP contribution is -2.46. The summed E-state index contributed by atoms with van der Waals surface area (Å²) in [6.07, 6.45) is 32.9. The van der Waals surface area contributed by atoms with E-state index in [1.54, 1.807) is 49.6 Å². The monoisotopic (exact) mass is 1900 g/mol. The quantitative estimate of drug-likeness (QED) is 0.103. The van der Waals surface area contributed by atoms with Crippen molar-refractivity contribution in [2.45, 2.75) is 128 Å². The maximum absolute atomic E-state index is 13.7. The molecule has 11 heterocycles. The molecular formula is C120H99FN20O4. The molecule has 25 heteroatoms. The van der Waals surface area contributed by atoms with E-state index >= 15 is 0 Å². The Morgan fingerprint density at radius 2 is 0.566 bits per heavy atom. The van der Waals surface area contributed by atoms with E-state index in [0.717, 1.165) is 204 Å². The number of allylic oxidation sites excluding steroid dienone is 8. The summed E-state index contributed by atoms with van der Waals surface area (Å²) in [4.78, 5) is 101. The summed E-state index contributed by atoms with van der Waals surface area (Å²) in [6.45, 7) is 47.1.